The molecule has 2 N–H and O–H groups in total. The van der Waals surface area contributed by atoms with E-state index in [1.54, 1.807) is 0 Å². The fourth-order valence-electron chi connectivity index (χ4n) is 1.02. The van der Waals surface area contributed by atoms with Gasteiger partial charge in [-0.1, -0.05) is 19.8 Å². The van der Waals surface area contributed by atoms with Gasteiger partial charge in [0.2, 0.25) is 5.91 Å². The molecule has 0 saturated heterocycles. The Balaban J connectivity index is 3.11. The van der Waals surface area contributed by atoms with E-state index in [9.17, 15) is 4.79 Å². The maximum atomic E-state index is 11.1. The van der Waals surface area contributed by atoms with Crippen molar-refractivity contribution >= 4 is 5.91 Å². The first-order valence-electron chi connectivity index (χ1n) is 4.98. The molecule has 3 heteroatoms. The van der Waals surface area contributed by atoms with Crippen molar-refractivity contribution < 1.29 is 9.90 Å². The lowest BCUT2D eigenvalue weighted by atomic mass is 10.2. The number of hydrogen-bond acceptors (Lipinski definition) is 2. The topological polar surface area (TPSA) is 49.3 Å². The SMILES string of the molecule is [CH2]CCCCNC(=O)CCCCO. The van der Waals surface area contributed by atoms with Gasteiger partial charge in [0.05, 0.1) is 0 Å². The van der Waals surface area contributed by atoms with E-state index >= 15 is 0 Å². The number of carbonyl (C=O) groups excluding carboxylic acids is 1. The molecule has 0 aliphatic rings. The molecule has 0 aromatic rings. The molecule has 0 atom stereocenters. The number of carbonyl (C=O) groups is 1. The van der Waals surface area contributed by atoms with Crippen molar-refractivity contribution in [3.63, 3.8) is 0 Å². The van der Waals surface area contributed by atoms with E-state index in [0.717, 1.165) is 32.2 Å². The average molecular weight is 186 g/mol. The lowest BCUT2D eigenvalue weighted by molar-refractivity contribution is -0.121. The van der Waals surface area contributed by atoms with E-state index in [2.05, 4.69) is 12.2 Å². The summed E-state index contributed by atoms with van der Waals surface area (Å²) in [5.74, 6) is 0.0949. The summed E-state index contributed by atoms with van der Waals surface area (Å²) < 4.78 is 0. The average Bonchev–Trinajstić information content (AvgIpc) is 2.13. The van der Waals surface area contributed by atoms with Crippen LogP contribution in [0, 0.1) is 6.92 Å². The van der Waals surface area contributed by atoms with Crippen LogP contribution >= 0.6 is 0 Å². The predicted molar refractivity (Wildman–Crippen MR) is 53.2 cm³/mol. The van der Waals surface area contributed by atoms with Crippen LogP contribution in [0.3, 0.4) is 0 Å². The molecule has 0 bridgehead atoms. The van der Waals surface area contributed by atoms with Gasteiger partial charge in [-0.2, -0.15) is 0 Å². The highest BCUT2D eigenvalue weighted by Crippen LogP contribution is 1.95. The predicted octanol–water partition coefficient (Wildman–Crippen LogP) is 1.27. The standard InChI is InChI=1S/C10H20NO2/c1-2-3-5-8-11-10(13)7-4-6-9-12/h12H,1-9H2,(H,11,13). The number of rotatable bonds is 8. The minimum Gasteiger partial charge on any atom is -0.396 e. The summed E-state index contributed by atoms with van der Waals surface area (Å²) in [6, 6.07) is 0. The Bertz CT molecular complexity index is 126. The number of aliphatic hydroxyl groups is 1. The summed E-state index contributed by atoms with van der Waals surface area (Å²) >= 11 is 0. The lowest BCUT2D eigenvalue weighted by Crippen LogP contribution is -2.23. The number of amides is 1. The van der Waals surface area contributed by atoms with Crippen LogP contribution in [-0.4, -0.2) is 24.2 Å². The van der Waals surface area contributed by atoms with Crippen LogP contribution < -0.4 is 5.32 Å². The molecule has 0 fully saturated rings. The van der Waals surface area contributed by atoms with Gasteiger partial charge in [-0.3, -0.25) is 4.79 Å². The third-order valence-electron chi connectivity index (χ3n) is 1.81. The Labute approximate surface area is 80.5 Å². The van der Waals surface area contributed by atoms with Crippen LogP contribution in [0.4, 0.5) is 0 Å². The van der Waals surface area contributed by atoms with Crippen molar-refractivity contribution in [2.45, 2.75) is 38.5 Å². The Morgan fingerprint density at radius 3 is 2.62 bits per heavy atom. The molecule has 0 aliphatic heterocycles. The summed E-state index contributed by atoms with van der Waals surface area (Å²) in [4.78, 5) is 11.1. The molecule has 0 spiro atoms. The maximum absolute atomic E-state index is 11.1. The summed E-state index contributed by atoms with van der Waals surface area (Å²) in [7, 11) is 0. The summed E-state index contributed by atoms with van der Waals surface area (Å²) in [6.45, 7) is 4.66. The highest BCUT2D eigenvalue weighted by Gasteiger charge is 1.98. The molecule has 0 aromatic heterocycles. The van der Waals surface area contributed by atoms with Gasteiger partial charge in [0.15, 0.2) is 0 Å². The third-order valence-corrected chi connectivity index (χ3v) is 1.81. The molecule has 3 nitrogen and oxygen atoms in total. The number of unbranched alkanes of at least 4 members (excludes halogenated alkanes) is 3. The van der Waals surface area contributed by atoms with Gasteiger partial charge in [0.25, 0.3) is 0 Å². The zero-order valence-electron chi connectivity index (χ0n) is 8.22. The Kier molecular flexibility index (Phi) is 9.10. The van der Waals surface area contributed by atoms with Crippen molar-refractivity contribution in [1.82, 2.24) is 5.32 Å². The first-order chi connectivity index (χ1) is 6.31. The minimum absolute atomic E-state index is 0.0949. The normalized spacial score (nSPS) is 10.0. The number of nitrogens with one attached hydrogen (secondary N) is 1. The summed E-state index contributed by atoms with van der Waals surface area (Å²) in [5, 5.41) is 11.3. The Morgan fingerprint density at radius 2 is 2.00 bits per heavy atom. The van der Waals surface area contributed by atoms with Gasteiger partial charge in [-0.25, -0.2) is 0 Å². The zero-order chi connectivity index (χ0) is 9.94. The van der Waals surface area contributed by atoms with Crippen LogP contribution in [0.15, 0.2) is 0 Å². The van der Waals surface area contributed by atoms with Crippen molar-refractivity contribution in [2.24, 2.45) is 0 Å². The first kappa shape index (κ1) is 12.4. The molecule has 0 aliphatic carbocycles. The Hall–Kier alpha value is -0.570. The second-order valence-corrected chi connectivity index (χ2v) is 3.09. The summed E-state index contributed by atoms with van der Waals surface area (Å²) in [6.07, 6.45) is 5.03. The third kappa shape index (κ3) is 9.34. The van der Waals surface area contributed by atoms with Crippen molar-refractivity contribution in [1.29, 1.82) is 0 Å². The van der Waals surface area contributed by atoms with E-state index in [0.29, 0.717) is 12.8 Å². The summed E-state index contributed by atoms with van der Waals surface area (Å²) in [5.41, 5.74) is 0. The Morgan fingerprint density at radius 1 is 1.23 bits per heavy atom. The maximum Gasteiger partial charge on any atom is 0.219 e. The molecule has 1 amide bonds. The van der Waals surface area contributed by atoms with Crippen molar-refractivity contribution in [3.8, 4) is 0 Å². The molecule has 0 saturated carbocycles. The second kappa shape index (κ2) is 9.52. The fraction of sp³-hybridized carbons (Fsp3) is 0.800. The molecular weight excluding hydrogens is 166 g/mol. The van der Waals surface area contributed by atoms with Gasteiger partial charge in [0, 0.05) is 19.6 Å². The molecule has 1 radical (unpaired) electrons. The van der Waals surface area contributed by atoms with Crippen LogP contribution in [0.1, 0.15) is 38.5 Å². The number of aliphatic hydroxyl groups excluding tert-OH is 1. The molecule has 0 heterocycles. The van der Waals surface area contributed by atoms with Crippen molar-refractivity contribution in [3.05, 3.63) is 6.92 Å². The first-order valence-corrected chi connectivity index (χ1v) is 4.98. The van der Waals surface area contributed by atoms with Crippen LogP contribution in [0.2, 0.25) is 0 Å². The van der Waals surface area contributed by atoms with E-state index in [-0.39, 0.29) is 12.5 Å². The smallest absolute Gasteiger partial charge is 0.219 e. The quantitative estimate of drug-likeness (QED) is 0.561. The largest absolute Gasteiger partial charge is 0.396 e. The monoisotopic (exact) mass is 186 g/mol. The van der Waals surface area contributed by atoms with Gasteiger partial charge in [-0.15, -0.1) is 0 Å². The van der Waals surface area contributed by atoms with Crippen LogP contribution in [-0.2, 0) is 4.79 Å². The zero-order valence-corrected chi connectivity index (χ0v) is 8.22. The van der Waals surface area contributed by atoms with E-state index in [1.807, 2.05) is 0 Å². The van der Waals surface area contributed by atoms with Gasteiger partial charge in [-0.05, 0) is 19.3 Å². The van der Waals surface area contributed by atoms with E-state index in [1.165, 1.54) is 0 Å². The van der Waals surface area contributed by atoms with E-state index in [4.69, 9.17) is 5.11 Å². The van der Waals surface area contributed by atoms with Gasteiger partial charge in [0.1, 0.15) is 0 Å². The highest BCUT2D eigenvalue weighted by atomic mass is 16.2. The molecule has 77 valence electrons. The number of hydrogen-bond donors (Lipinski definition) is 2. The van der Waals surface area contributed by atoms with Crippen molar-refractivity contribution in [2.75, 3.05) is 13.2 Å². The molecule has 0 rings (SSSR count). The highest BCUT2D eigenvalue weighted by molar-refractivity contribution is 5.75. The molecule has 0 aromatic carbocycles. The minimum atomic E-state index is 0.0949. The van der Waals surface area contributed by atoms with Crippen LogP contribution in [0.25, 0.3) is 0 Å². The second-order valence-electron chi connectivity index (χ2n) is 3.09. The van der Waals surface area contributed by atoms with E-state index < -0.39 is 0 Å². The lowest BCUT2D eigenvalue weighted by Gasteiger charge is -2.03. The van der Waals surface area contributed by atoms with Crippen LogP contribution in [0.5, 0.6) is 0 Å². The molecular formula is C10H20NO2. The van der Waals surface area contributed by atoms with Gasteiger partial charge < -0.3 is 10.4 Å². The molecule has 13 heavy (non-hydrogen) atoms. The van der Waals surface area contributed by atoms with Gasteiger partial charge >= 0.3 is 0 Å². The molecule has 0 unspecified atom stereocenters. The fourth-order valence-corrected chi connectivity index (χ4v) is 1.02.